The number of hydrogen-bond donors (Lipinski definition) is 0. The predicted molar refractivity (Wildman–Crippen MR) is 118 cm³/mol. The second-order valence-corrected chi connectivity index (χ2v) is 7.54. The Bertz CT molecular complexity index is 988. The Kier molecular flexibility index (Phi) is 6.53. The first kappa shape index (κ1) is 21.3. The van der Waals surface area contributed by atoms with E-state index in [1.165, 1.54) is 23.3 Å². The van der Waals surface area contributed by atoms with Gasteiger partial charge in [0.15, 0.2) is 0 Å². The van der Waals surface area contributed by atoms with Crippen molar-refractivity contribution in [1.82, 2.24) is 9.97 Å². The molecule has 0 bridgehead atoms. The summed E-state index contributed by atoms with van der Waals surface area (Å²) in [6, 6.07) is 15.7. The van der Waals surface area contributed by atoms with E-state index >= 15 is 0 Å². The maximum absolute atomic E-state index is 13.2. The highest BCUT2D eigenvalue weighted by molar-refractivity contribution is 5.85. The van der Waals surface area contributed by atoms with Crippen LogP contribution in [0.5, 0.6) is 0 Å². The molecule has 1 atom stereocenters. The first-order valence-corrected chi connectivity index (χ1v) is 9.99. The predicted octanol–water partition coefficient (Wildman–Crippen LogP) is 5.76. The highest BCUT2D eigenvalue weighted by Gasteiger charge is 2.28. The average Bonchev–Trinajstić information content (AvgIpc) is 2.71. The summed E-state index contributed by atoms with van der Waals surface area (Å²) in [5.41, 5.74) is 6.02. The molecule has 0 radical (unpaired) electrons. The Morgan fingerprint density at radius 1 is 1.03 bits per heavy atom. The largest absolute Gasteiger partial charge is 0.349 e. The zero-order chi connectivity index (χ0) is 19.7. The van der Waals surface area contributed by atoms with Crippen molar-refractivity contribution < 1.29 is 4.39 Å². The van der Waals surface area contributed by atoms with Crippen molar-refractivity contribution >= 4 is 18.2 Å². The van der Waals surface area contributed by atoms with Gasteiger partial charge in [0.1, 0.15) is 17.5 Å². The minimum Gasteiger partial charge on any atom is -0.349 e. The van der Waals surface area contributed by atoms with Crippen molar-refractivity contribution in [3.8, 4) is 0 Å². The van der Waals surface area contributed by atoms with Crippen LogP contribution in [0.1, 0.15) is 53.2 Å². The molecule has 4 rings (SSSR count). The van der Waals surface area contributed by atoms with Gasteiger partial charge in [-0.2, -0.15) is 0 Å². The molecule has 0 amide bonds. The highest BCUT2D eigenvalue weighted by Crippen LogP contribution is 2.36. The van der Waals surface area contributed by atoms with E-state index in [-0.39, 0.29) is 18.2 Å². The number of benzene rings is 2. The minimum atomic E-state index is -0.219. The summed E-state index contributed by atoms with van der Waals surface area (Å²) in [6.07, 6.45) is 2.67. The zero-order valence-electron chi connectivity index (χ0n) is 17.2. The molecule has 29 heavy (non-hydrogen) atoms. The summed E-state index contributed by atoms with van der Waals surface area (Å²) < 4.78 is 13.2. The van der Waals surface area contributed by atoms with Crippen molar-refractivity contribution in [3.63, 3.8) is 0 Å². The fraction of sp³-hybridized carbons (Fsp3) is 0.333. The molecule has 0 spiro atoms. The summed E-state index contributed by atoms with van der Waals surface area (Å²) in [5.74, 6) is 1.60. The number of nitrogens with zero attached hydrogens (tertiary/aromatic N) is 3. The van der Waals surface area contributed by atoms with Crippen molar-refractivity contribution in [2.45, 2.75) is 46.1 Å². The molecule has 5 heteroatoms. The quantitative estimate of drug-likeness (QED) is 0.546. The van der Waals surface area contributed by atoms with Crippen molar-refractivity contribution in [2.24, 2.45) is 0 Å². The molecule has 1 aliphatic heterocycles. The summed E-state index contributed by atoms with van der Waals surface area (Å²) in [4.78, 5) is 12.1. The number of fused-ring (bicyclic) bond motifs is 1. The molecule has 1 aliphatic rings. The van der Waals surface area contributed by atoms with E-state index in [0.717, 1.165) is 47.8 Å². The van der Waals surface area contributed by atoms with Gasteiger partial charge in [0, 0.05) is 24.2 Å². The van der Waals surface area contributed by atoms with Crippen molar-refractivity contribution in [3.05, 3.63) is 88.1 Å². The van der Waals surface area contributed by atoms with Crippen LogP contribution in [0.4, 0.5) is 10.2 Å². The van der Waals surface area contributed by atoms with Crippen LogP contribution in [-0.2, 0) is 12.8 Å². The van der Waals surface area contributed by atoms with Crippen LogP contribution in [-0.4, -0.2) is 16.5 Å². The van der Waals surface area contributed by atoms with Gasteiger partial charge in [-0.3, -0.25) is 0 Å². The van der Waals surface area contributed by atoms with E-state index in [0.29, 0.717) is 12.5 Å². The summed E-state index contributed by atoms with van der Waals surface area (Å²) >= 11 is 0. The summed E-state index contributed by atoms with van der Waals surface area (Å²) in [5, 5.41) is 0. The number of aryl methyl sites for hydroxylation is 1. The normalized spacial score (nSPS) is 15.6. The average molecular weight is 412 g/mol. The van der Waals surface area contributed by atoms with Crippen molar-refractivity contribution in [2.75, 3.05) is 11.4 Å². The second kappa shape index (κ2) is 8.91. The van der Waals surface area contributed by atoms with Crippen LogP contribution in [0.25, 0.3) is 0 Å². The first-order valence-electron chi connectivity index (χ1n) is 9.99. The Morgan fingerprint density at radius 2 is 1.76 bits per heavy atom. The summed E-state index contributed by atoms with van der Waals surface area (Å²) in [7, 11) is 0. The molecule has 152 valence electrons. The molecular weight excluding hydrogens is 385 g/mol. The van der Waals surface area contributed by atoms with E-state index in [1.807, 2.05) is 6.92 Å². The Balaban J connectivity index is 0.00000240. The molecule has 0 saturated carbocycles. The van der Waals surface area contributed by atoms with Gasteiger partial charge in [-0.25, -0.2) is 14.4 Å². The summed E-state index contributed by atoms with van der Waals surface area (Å²) in [6.45, 7) is 7.36. The third-order valence-electron chi connectivity index (χ3n) is 5.76. The monoisotopic (exact) mass is 411 g/mol. The lowest BCUT2D eigenvalue weighted by atomic mass is 9.91. The molecule has 0 aliphatic carbocycles. The van der Waals surface area contributed by atoms with E-state index in [1.54, 1.807) is 12.1 Å². The van der Waals surface area contributed by atoms with Gasteiger partial charge in [-0.05, 0) is 55.5 Å². The van der Waals surface area contributed by atoms with Crippen molar-refractivity contribution in [1.29, 1.82) is 0 Å². The van der Waals surface area contributed by atoms with Crippen LogP contribution in [0.15, 0.2) is 48.5 Å². The van der Waals surface area contributed by atoms with Gasteiger partial charge < -0.3 is 4.90 Å². The molecule has 1 aromatic heterocycles. The van der Waals surface area contributed by atoms with Gasteiger partial charge >= 0.3 is 0 Å². The fourth-order valence-corrected chi connectivity index (χ4v) is 4.16. The Hall–Kier alpha value is -2.46. The maximum Gasteiger partial charge on any atom is 0.136 e. The first-order chi connectivity index (χ1) is 13.6. The molecule has 0 saturated heterocycles. The molecule has 0 N–H and O–H groups in total. The molecule has 3 aromatic rings. The number of anilines is 1. The van der Waals surface area contributed by atoms with Crippen LogP contribution in [0.2, 0.25) is 0 Å². The molecule has 2 aromatic carbocycles. The van der Waals surface area contributed by atoms with E-state index in [9.17, 15) is 4.39 Å². The molecule has 0 fully saturated rings. The van der Waals surface area contributed by atoms with E-state index in [4.69, 9.17) is 9.97 Å². The standard InChI is InChI=1S/C24H26FN3.ClH/c1-4-22-21-8-6-5-7-19(21)13-14-28(22)24-16(2)17(3)26-23(27-24)15-18-9-11-20(25)12-10-18;/h5-12,22H,4,13-15H2,1-3H3;1H. The lowest BCUT2D eigenvalue weighted by Gasteiger charge is -2.39. The Labute approximate surface area is 178 Å². The van der Waals surface area contributed by atoms with Gasteiger partial charge in [0.25, 0.3) is 0 Å². The molecular formula is C24H27ClFN3. The topological polar surface area (TPSA) is 29.0 Å². The number of hydrogen-bond acceptors (Lipinski definition) is 3. The molecule has 3 nitrogen and oxygen atoms in total. The Morgan fingerprint density at radius 3 is 2.48 bits per heavy atom. The lowest BCUT2D eigenvalue weighted by Crippen LogP contribution is -2.36. The van der Waals surface area contributed by atoms with Crippen LogP contribution < -0.4 is 4.90 Å². The van der Waals surface area contributed by atoms with Crippen LogP contribution in [0.3, 0.4) is 0 Å². The SMILES string of the molecule is CCC1c2ccccc2CCN1c1nc(Cc2ccc(F)cc2)nc(C)c1C.Cl. The van der Waals surface area contributed by atoms with Crippen LogP contribution in [0, 0.1) is 19.7 Å². The van der Waals surface area contributed by atoms with Crippen LogP contribution >= 0.6 is 12.4 Å². The number of rotatable bonds is 4. The fourth-order valence-electron chi connectivity index (χ4n) is 4.16. The van der Waals surface area contributed by atoms with Gasteiger partial charge in [-0.1, -0.05) is 43.3 Å². The highest BCUT2D eigenvalue weighted by atomic mass is 35.5. The second-order valence-electron chi connectivity index (χ2n) is 7.54. The third kappa shape index (κ3) is 4.27. The van der Waals surface area contributed by atoms with E-state index in [2.05, 4.69) is 43.0 Å². The molecule has 2 heterocycles. The third-order valence-corrected chi connectivity index (χ3v) is 5.76. The van der Waals surface area contributed by atoms with Gasteiger partial charge in [-0.15, -0.1) is 12.4 Å². The minimum absolute atomic E-state index is 0. The lowest BCUT2D eigenvalue weighted by molar-refractivity contribution is 0.558. The molecule has 1 unspecified atom stereocenters. The maximum atomic E-state index is 13.2. The van der Waals surface area contributed by atoms with Gasteiger partial charge in [0.2, 0.25) is 0 Å². The number of aromatic nitrogens is 2. The zero-order valence-corrected chi connectivity index (χ0v) is 18.0. The van der Waals surface area contributed by atoms with Gasteiger partial charge in [0.05, 0.1) is 6.04 Å². The smallest absolute Gasteiger partial charge is 0.136 e. The van der Waals surface area contributed by atoms with E-state index < -0.39 is 0 Å². The number of halogens is 2.